The molecule has 0 saturated carbocycles. The molecule has 0 radical (unpaired) electrons. The summed E-state index contributed by atoms with van der Waals surface area (Å²) >= 11 is 0. The third-order valence-corrected chi connectivity index (χ3v) is 7.33. The highest BCUT2D eigenvalue weighted by Crippen LogP contribution is 2.34. The van der Waals surface area contributed by atoms with E-state index in [2.05, 4.69) is 20.1 Å². The second-order valence-electron chi connectivity index (χ2n) is 9.73. The van der Waals surface area contributed by atoms with Crippen LogP contribution in [0, 0.1) is 11.7 Å². The number of phenols is 1. The molecule has 1 saturated heterocycles. The van der Waals surface area contributed by atoms with Gasteiger partial charge in [-0.1, -0.05) is 13.0 Å². The molecule has 35 heavy (non-hydrogen) atoms. The summed E-state index contributed by atoms with van der Waals surface area (Å²) in [5.41, 5.74) is 6.49. The highest BCUT2D eigenvalue weighted by molar-refractivity contribution is 5.94. The van der Waals surface area contributed by atoms with E-state index in [0.29, 0.717) is 12.3 Å². The van der Waals surface area contributed by atoms with Crippen LogP contribution in [0.4, 0.5) is 4.39 Å². The SMILES string of the molecule is CCc1cc(O)c(F)cc1-c1ccc2c(-c3nc4c([nH]3)CN(CC3CCCOC3)CC4)n[nH]c2c1. The fourth-order valence-electron chi connectivity index (χ4n) is 5.47. The standard InChI is InChI=1S/C27H30FN5O2/c1-2-17-11-25(34)21(28)12-20(17)18-5-6-19-23(10-18)31-32-26(19)27-29-22-7-8-33(14-24(22)30-27)13-16-4-3-9-35-15-16/h5-6,10-12,16,34H,2-4,7-9,13-15H2,1H3,(H,29,30)(H,31,32). The quantitative estimate of drug-likeness (QED) is 0.385. The Hall–Kier alpha value is -3.23. The lowest BCUT2D eigenvalue weighted by Crippen LogP contribution is -2.37. The number of ether oxygens (including phenoxy) is 1. The minimum atomic E-state index is -0.617. The summed E-state index contributed by atoms with van der Waals surface area (Å²) in [6.07, 6.45) is 4.03. The number of benzene rings is 2. The summed E-state index contributed by atoms with van der Waals surface area (Å²) in [5, 5.41) is 18.4. The highest BCUT2D eigenvalue weighted by atomic mass is 19.1. The van der Waals surface area contributed by atoms with Gasteiger partial charge in [0.15, 0.2) is 17.4 Å². The molecule has 4 heterocycles. The minimum Gasteiger partial charge on any atom is -0.505 e. The van der Waals surface area contributed by atoms with Crippen molar-refractivity contribution in [3.05, 3.63) is 53.1 Å². The zero-order chi connectivity index (χ0) is 23.9. The van der Waals surface area contributed by atoms with Crippen molar-refractivity contribution < 1.29 is 14.2 Å². The first-order valence-corrected chi connectivity index (χ1v) is 12.5. The fraction of sp³-hybridized carbons (Fsp3) is 0.407. The Bertz CT molecular complexity index is 1370. The van der Waals surface area contributed by atoms with Gasteiger partial charge in [-0.25, -0.2) is 9.37 Å². The lowest BCUT2D eigenvalue weighted by atomic mass is 9.96. The number of halogens is 1. The van der Waals surface area contributed by atoms with E-state index in [-0.39, 0.29) is 5.75 Å². The average Bonchev–Trinajstić information content (AvgIpc) is 3.49. The van der Waals surface area contributed by atoms with Crippen LogP contribution in [0.25, 0.3) is 33.5 Å². The zero-order valence-electron chi connectivity index (χ0n) is 19.9. The molecule has 6 rings (SSSR count). The smallest absolute Gasteiger partial charge is 0.165 e. The van der Waals surface area contributed by atoms with Crippen molar-refractivity contribution in [3.63, 3.8) is 0 Å². The molecular formula is C27H30FN5O2. The Morgan fingerprint density at radius 3 is 3.00 bits per heavy atom. The number of fused-ring (bicyclic) bond motifs is 2. The summed E-state index contributed by atoms with van der Waals surface area (Å²) in [7, 11) is 0. The topological polar surface area (TPSA) is 90.1 Å². The van der Waals surface area contributed by atoms with E-state index >= 15 is 0 Å². The van der Waals surface area contributed by atoms with Crippen LogP contribution < -0.4 is 0 Å². The van der Waals surface area contributed by atoms with E-state index in [0.717, 1.165) is 90.5 Å². The lowest BCUT2D eigenvalue weighted by molar-refractivity contribution is 0.0361. The summed E-state index contributed by atoms with van der Waals surface area (Å²) in [6, 6.07) is 8.87. The highest BCUT2D eigenvalue weighted by Gasteiger charge is 2.25. The summed E-state index contributed by atoms with van der Waals surface area (Å²) in [5.74, 6) is 0.464. The maximum absolute atomic E-state index is 14.1. The van der Waals surface area contributed by atoms with Crippen LogP contribution in [0.2, 0.25) is 0 Å². The van der Waals surface area contributed by atoms with Crippen molar-refractivity contribution in [1.82, 2.24) is 25.1 Å². The Kier molecular flexibility index (Phi) is 5.78. The predicted molar refractivity (Wildman–Crippen MR) is 133 cm³/mol. The molecule has 2 aliphatic rings. The minimum absolute atomic E-state index is 0.317. The van der Waals surface area contributed by atoms with Crippen LogP contribution in [0.3, 0.4) is 0 Å². The number of H-pyrrole nitrogens is 2. The van der Waals surface area contributed by atoms with Gasteiger partial charge >= 0.3 is 0 Å². The van der Waals surface area contributed by atoms with Crippen molar-refractivity contribution >= 4 is 10.9 Å². The Morgan fingerprint density at radius 2 is 2.17 bits per heavy atom. The second kappa shape index (κ2) is 9.09. The predicted octanol–water partition coefficient (Wildman–Crippen LogP) is 4.81. The van der Waals surface area contributed by atoms with Crippen molar-refractivity contribution in [2.24, 2.45) is 5.92 Å². The van der Waals surface area contributed by atoms with Crippen molar-refractivity contribution in [3.8, 4) is 28.4 Å². The molecule has 2 aliphatic heterocycles. The van der Waals surface area contributed by atoms with E-state index in [4.69, 9.17) is 9.72 Å². The van der Waals surface area contributed by atoms with Crippen LogP contribution in [-0.4, -0.2) is 56.5 Å². The van der Waals surface area contributed by atoms with Gasteiger partial charge in [-0.15, -0.1) is 0 Å². The molecule has 4 aromatic rings. The van der Waals surface area contributed by atoms with Crippen molar-refractivity contribution in [2.75, 3.05) is 26.3 Å². The molecule has 1 atom stereocenters. The zero-order valence-corrected chi connectivity index (χ0v) is 19.9. The normalized spacial score (nSPS) is 18.7. The molecule has 0 amide bonds. The maximum Gasteiger partial charge on any atom is 0.165 e. The number of imidazole rings is 1. The molecule has 7 nitrogen and oxygen atoms in total. The first-order valence-electron chi connectivity index (χ1n) is 12.5. The van der Waals surface area contributed by atoms with E-state index in [1.807, 2.05) is 25.1 Å². The van der Waals surface area contributed by atoms with Gasteiger partial charge in [0, 0.05) is 38.0 Å². The van der Waals surface area contributed by atoms with Crippen molar-refractivity contribution in [2.45, 2.75) is 39.2 Å². The molecule has 1 fully saturated rings. The Balaban J connectivity index is 1.26. The molecule has 8 heteroatoms. The molecule has 2 aromatic heterocycles. The summed E-state index contributed by atoms with van der Waals surface area (Å²) in [6.45, 7) is 6.72. The average molecular weight is 476 g/mol. The molecular weight excluding hydrogens is 445 g/mol. The van der Waals surface area contributed by atoms with Gasteiger partial charge in [0.2, 0.25) is 0 Å². The van der Waals surface area contributed by atoms with E-state index in [1.165, 1.54) is 24.2 Å². The number of nitrogens with zero attached hydrogens (tertiary/aromatic N) is 3. The first-order chi connectivity index (χ1) is 17.1. The molecule has 3 N–H and O–H groups in total. The molecule has 182 valence electrons. The third-order valence-electron chi connectivity index (χ3n) is 7.33. The monoisotopic (exact) mass is 475 g/mol. The Labute approximate surface area is 203 Å². The lowest BCUT2D eigenvalue weighted by Gasteiger charge is -2.31. The molecule has 1 unspecified atom stereocenters. The largest absolute Gasteiger partial charge is 0.505 e. The number of nitrogens with one attached hydrogen (secondary N) is 2. The van der Waals surface area contributed by atoms with Crippen LogP contribution in [0.5, 0.6) is 5.75 Å². The number of rotatable bonds is 5. The van der Waals surface area contributed by atoms with Crippen LogP contribution in [0.1, 0.15) is 36.7 Å². The molecule has 0 spiro atoms. The fourth-order valence-corrected chi connectivity index (χ4v) is 5.47. The first kappa shape index (κ1) is 22.2. The van der Waals surface area contributed by atoms with Crippen LogP contribution in [-0.2, 0) is 24.1 Å². The van der Waals surface area contributed by atoms with Gasteiger partial charge in [-0.05, 0) is 66.1 Å². The van der Waals surface area contributed by atoms with Gasteiger partial charge in [-0.2, -0.15) is 5.10 Å². The van der Waals surface area contributed by atoms with E-state index in [9.17, 15) is 9.50 Å². The number of phenolic OH excluding ortho intramolecular Hbond substituents is 1. The van der Waals surface area contributed by atoms with Crippen LogP contribution in [0.15, 0.2) is 30.3 Å². The van der Waals surface area contributed by atoms with Gasteiger partial charge < -0.3 is 14.8 Å². The Morgan fingerprint density at radius 1 is 1.26 bits per heavy atom. The van der Waals surface area contributed by atoms with E-state index < -0.39 is 5.82 Å². The van der Waals surface area contributed by atoms with Gasteiger partial charge in [0.05, 0.1) is 23.5 Å². The van der Waals surface area contributed by atoms with Crippen molar-refractivity contribution in [1.29, 1.82) is 0 Å². The number of aromatic amines is 2. The van der Waals surface area contributed by atoms with Gasteiger partial charge in [0.1, 0.15) is 5.69 Å². The molecule has 0 bridgehead atoms. The number of hydrogen-bond acceptors (Lipinski definition) is 5. The second-order valence-corrected chi connectivity index (χ2v) is 9.73. The number of hydrogen-bond donors (Lipinski definition) is 3. The molecule has 0 aliphatic carbocycles. The van der Waals surface area contributed by atoms with E-state index in [1.54, 1.807) is 0 Å². The summed E-state index contributed by atoms with van der Waals surface area (Å²) in [4.78, 5) is 10.9. The van der Waals surface area contributed by atoms with Crippen LogP contribution >= 0.6 is 0 Å². The van der Waals surface area contributed by atoms with Gasteiger partial charge in [-0.3, -0.25) is 10.00 Å². The number of aryl methyl sites for hydroxylation is 1. The molecule has 2 aromatic carbocycles. The number of aromatic hydroxyl groups is 1. The van der Waals surface area contributed by atoms with Gasteiger partial charge in [0.25, 0.3) is 0 Å². The summed E-state index contributed by atoms with van der Waals surface area (Å²) < 4.78 is 19.8. The third kappa shape index (κ3) is 4.21. The number of aromatic nitrogens is 4. The maximum atomic E-state index is 14.1.